The second-order valence-electron chi connectivity index (χ2n) is 6.47. The van der Waals surface area contributed by atoms with E-state index in [1.807, 2.05) is 36.4 Å². The fourth-order valence-electron chi connectivity index (χ4n) is 3.28. The minimum absolute atomic E-state index is 0.336. The van der Waals surface area contributed by atoms with E-state index in [2.05, 4.69) is 21.9 Å². The lowest BCUT2D eigenvalue weighted by Gasteiger charge is -2.34. The molecule has 2 aromatic rings. The summed E-state index contributed by atoms with van der Waals surface area (Å²) < 4.78 is 16.6. The Kier molecular flexibility index (Phi) is 5.04. The van der Waals surface area contributed by atoms with Gasteiger partial charge in [-0.05, 0) is 29.8 Å². The molecule has 2 aliphatic rings. The maximum atomic E-state index is 5.79. The summed E-state index contributed by atoms with van der Waals surface area (Å²) in [4.78, 5) is 4.96. The third-order valence-corrected chi connectivity index (χ3v) is 4.73. The van der Waals surface area contributed by atoms with Gasteiger partial charge in [-0.15, -0.1) is 0 Å². The molecular weight excluding hydrogens is 316 g/mol. The summed E-state index contributed by atoms with van der Waals surface area (Å²) in [7, 11) is 0. The van der Waals surface area contributed by atoms with E-state index in [0.717, 1.165) is 63.1 Å². The van der Waals surface area contributed by atoms with Gasteiger partial charge in [0.1, 0.15) is 12.4 Å². The minimum Gasteiger partial charge on any atom is -0.492 e. The minimum atomic E-state index is 0.336. The maximum absolute atomic E-state index is 5.79. The number of hydrogen-bond acceptors (Lipinski definition) is 5. The highest BCUT2D eigenvalue weighted by Gasteiger charge is 2.18. The molecule has 2 heterocycles. The molecule has 132 valence electrons. The van der Waals surface area contributed by atoms with Gasteiger partial charge in [0.25, 0.3) is 0 Å². The van der Waals surface area contributed by atoms with Crippen molar-refractivity contribution in [2.75, 3.05) is 46.1 Å². The molecular formula is C20H24N2O3. The van der Waals surface area contributed by atoms with Crippen molar-refractivity contribution in [1.29, 1.82) is 0 Å². The highest BCUT2D eigenvalue weighted by molar-refractivity contribution is 5.44. The molecule has 0 unspecified atom stereocenters. The number of nitrogens with zero attached hydrogens (tertiary/aromatic N) is 2. The van der Waals surface area contributed by atoms with Crippen LogP contribution in [0.5, 0.6) is 17.2 Å². The van der Waals surface area contributed by atoms with E-state index in [1.54, 1.807) is 0 Å². The van der Waals surface area contributed by atoms with Gasteiger partial charge in [0.2, 0.25) is 6.79 Å². The van der Waals surface area contributed by atoms with Crippen LogP contribution in [0.3, 0.4) is 0 Å². The predicted octanol–water partition coefficient (Wildman–Crippen LogP) is 2.61. The van der Waals surface area contributed by atoms with Crippen LogP contribution in [0.1, 0.15) is 5.56 Å². The molecule has 0 saturated carbocycles. The van der Waals surface area contributed by atoms with Crippen LogP contribution in [-0.2, 0) is 6.54 Å². The fourth-order valence-corrected chi connectivity index (χ4v) is 3.28. The Morgan fingerprint density at radius 3 is 2.44 bits per heavy atom. The molecule has 0 aromatic heterocycles. The van der Waals surface area contributed by atoms with E-state index in [4.69, 9.17) is 14.2 Å². The van der Waals surface area contributed by atoms with Gasteiger partial charge in [0.05, 0.1) is 0 Å². The smallest absolute Gasteiger partial charge is 0.231 e. The Morgan fingerprint density at radius 1 is 0.840 bits per heavy atom. The number of para-hydroxylation sites is 1. The third-order valence-electron chi connectivity index (χ3n) is 4.73. The zero-order valence-electron chi connectivity index (χ0n) is 14.4. The molecule has 5 heteroatoms. The van der Waals surface area contributed by atoms with Gasteiger partial charge in [-0.3, -0.25) is 9.80 Å². The van der Waals surface area contributed by atoms with Crippen molar-refractivity contribution in [2.24, 2.45) is 0 Å². The first-order valence-corrected chi connectivity index (χ1v) is 8.88. The topological polar surface area (TPSA) is 34.2 Å². The standard InChI is InChI=1S/C20H24N2O3/c1-2-4-18(5-3-1)23-13-12-21-8-10-22(11-9-21)15-17-6-7-19-20(14-17)25-16-24-19/h1-7,14H,8-13,15-16H2. The highest BCUT2D eigenvalue weighted by Crippen LogP contribution is 2.32. The van der Waals surface area contributed by atoms with E-state index < -0.39 is 0 Å². The summed E-state index contributed by atoms with van der Waals surface area (Å²) in [6.45, 7) is 7.36. The van der Waals surface area contributed by atoms with Crippen molar-refractivity contribution in [3.8, 4) is 17.2 Å². The van der Waals surface area contributed by atoms with Gasteiger partial charge < -0.3 is 14.2 Å². The van der Waals surface area contributed by atoms with Crippen molar-refractivity contribution >= 4 is 0 Å². The van der Waals surface area contributed by atoms with E-state index in [0.29, 0.717) is 6.79 Å². The molecule has 5 nitrogen and oxygen atoms in total. The maximum Gasteiger partial charge on any atom is 0.231 e. The van der Waals surface area contributed by atoms with Crippen LogP contribution in [0.4, 0.5) is 0 Å². The first kappa shape index (κ1) is 16.2. The lowest BCUT2D eigenvalue weighted by molar-refractivity contribution is 0.112. The van der Waals surface area contributed by atoms with Gasteiger partial charge in [-0.2, -0.15) is 0 Å². The monoisotopic (exact) mass is 340 g/mol. The normalized spacial score (nSPS) is 17.6. The summed E-state index contributed by atoms with van der Waals surface area (Å²) in [5.41, 5.74) is 1.28. The van der Waals surface area contributed by atoms with E-state index in [-0.39, 0.29) is 0 Å². The Hall–Kier alpha value is -2.24. The number of benzene rings is 2. The van der Waals surface area contributed by atoms with E-state index >= 15 is 0 Å². The number of rotatable bonds is 6. The molecule has 1 saturated heterocycles. The first-order chi connectivity index (χ1) is 12.4. The Labute approximate surface area is 148 Å². The quantitative estimate of drug-likeness (QED) is 0.807. The van der Waals surface area contributed by atoms with Gasteiger partial charge in [0, 0.05) is 39.3 Å². The van der Waals surface area contributed by atoms with Crippen molar-refractivity contribution in [1.82, 2.24) is 9.80 Å². The summed E-state index contributed by atoms with van der Waals surface area (Å²) in [5, 5.41) is 0. The van der Waals surface area contributed by atoms with Crippen LogP contribution in [0.15, 0.2) is 48.5 Å². The average molecular weight is 340 g/mol. The zero-order valence-corrected chi connectivity index (χ0v) is 14.4. The molecule has 2 aromatic carbocycles. The predicted molar refractivity (Wildman–Crippen MR) is 96.2 cm³/mol. The lowest BCUT2D eigenvalue weighted by atomic mass is 10.1. The van der Waals surface area contributed by atoms with Crippen molar-refractivity contribution in [2.45, 2.75) is 6.54 Å². The summed E-state index contributed by atoms with van der Waals surface area (Å²) in [6.07, 6.45) is 0. The van der Waals surface area contributed by atoms with Crippen LogP contribution in [-0.4, -0.2) is 55.9 Å². The summed E-state index contributed by atoms with van der Waals surface area (Å²) >= 11 is 0. The molecule has 25 heavy (non-hydrogen) atoms. The lowest BCUT2D eigenvalue weighted by Crippen LogP contribution is -2.47. The van der Waals surface area contributed by atoms with E-state index in [1.165, 1.54) is 5.56 Å². The molecule has 0 spiro atoms. The Bertz CT molecular complexity index is 685. The van der Waals surface area contributed by atoms with Gasteiger partial charge in [0.15, 0.2) is 11.5 Å². The Morgan fingerprint density at radius 2 is 1.60 bits per heavy atom. The number of piperazine rings is 1. The third kappa shape index (κ3) is 4.24. The van der Waals surface area contributed by atoms with Crippen LogP contribution in [0.25, 0.3) is 0 Å². The SMILES string of the molecule is c1ccc(OCCN2CCN(Cc3ccc4c(c3)OCO4)CC2)cc1. The van der Waals surface area contributed by atoms with Gasteiger partial charge in [-0.25, -0.2) is 0 Å². The van der Waals surface area contributed by atoms with Crippen LogP contribution < -0.4 is 14.2 Å². The Balaban J connectivity index is 1.19. The van der Waals surface area contributed by atoms with E-state index in [9.17, 15) is 0 Å². The van der Waals surface area contributed by atoms with Crippen LogP contribution >= 0.6 is 0 Å². The second kappa shape index (κ2) is 7.76. The second-order valence-corrected chi connectivity index (χ2v) is 6.47. The molecule has 0 aliphatic carbocycles. The van der Waals surface area contributed by atoms with Crippen molar-refractivity contribution < 1.29 is 14.2 Å². The molecule has 0 amide bonds. The van der Waals surface area contributed by atoms with Crippen LogP contribution in [0.2, 0.25) is 0 Å². The molecule has 0 radical (unpaired) electrons. The first-order valence-electron chi connectivity index (χ1n) is 8.88. The molecule has 0 N–H and O–H groups in total. The van der Waals surface area contributed by atoms with Gasteiger partial charge in [-0.1, -0.05) is 24.3 Å². The number of fused-ring (bicyclic) bond motifs is 1. The average Bonchev–Trinajstić information content (AvgIpc) is 3.12. The van der Waals surface area contributed by atoms with Crippen LogP contribution in [0, 0.1) is 0 Å². The number of hydrogen-bond donors (Lipinski definition) is 0. The molecule has 4 rings (SSSR count). The van der Waals surface area contributed by atoms with Crippen molar-refractivity contribution in [3.05, 3.63) is 54.1 Å². The largest absolute Gasteiger partial charge is 0.492 e. The number of ether oxygens (including phenoxy) is 3. The zero-order chi connectivity index (χ0) is 16.9. The fraction of sp³-hybridized carbons (Fsp3) is 0.400. The van der Waals surface area contributed by atoms with Crippen molar-refractivity contribution in [3.63, 3.8) is 0 Å². The van der Waals surface area contributed by atoms with Gasteiger partial charge >= 0.3 is 0 Å². The molecule has 2 aliphatic heterocycles. The highest BCUT2D eigenvalue weighted by atomic mass is 16.7. The summed E-state index contributed by atoms with van der Waals surface area (Å²) in [6, 6.07) is 16.3. The molecule has 0 atom stereocenters. The molecule has 1 fully saturated rings. The summed E-state index contributed by atoms with van der Waals surface area (Å²) in [5.74, 6) is 2.67. The molecule has 0 bridgehead atoms.